The number of nitrogens with one attached hydrogen (secondary N) is 1. The highest BCUT2D eigenvalue weighted by molar-refractivity contribution is 9.10. The molecule has 2 fully saturated rings. The van der Waals surface area contributed by atoms with Crippen molar-refractivity contribution < 1.29 is 19.1 Å². The van der Waals surface area contributed by atoms with Gasteiger partial charge in [0.15, 0.2) is 5.78 Å². The van der Waals surface area contributed by atoms with Crippen LogP contribution in [0, 0.1) is 16.2 Å². The van der Waals surface area contributed by atoms with E-state index in [0.717, 1.165) is 6.42 Å². The maximum atomic E-state index is 13.2. The van der Waals surface area contributed by atoms with Gasteiger partial charge in [-0.1, -0.05) is 36.7 Å². The third-order valence-electron chi connectivity index (χ3n) is 6.69. The molecule has 0 saturated heterocycles. The number of rotatable bonds is 3. The number of methoxy groups -OCH3 is 1. The summed E-state index contributed by atoms with van der Waals surface area (Å²) in [5.74, 6) is -0.467. The van der Waals surface area contributed by atoms with E-state index in [4.69, 9.17) is 0 Å². The molecule has 2 aliphatic rings. The van der Waals surface area contributed by atoms with E-state index in [-0.39, 0.29) is 11.7 Å². The van der Waals surface area contributed by atoms with Gasteiger partial charge in [0.2, 0.25) is 5.91 Å². The molecule has 5 nitrogen and oxygen atoms in total. The second-order valence-electron chi connectivity index (χ2n) is 7.68. The van der Waals surface area contributed by atoms with Crippen LogP contribution in [-0.4, -0.2) is 29.6 Å². The van der Waals surface area contributed by atoms with Gasteiger partial charge in [0, 0.05) is 11.1 Å². The van der Waals surface area contributed by atoms with Crippen molar-refractivity contribution in [3.63, 3.8) is 0 Å². The molecule has 0 radical (unpaired) electrons. The summed E-state index contributed by atoms with van der Waals surface area (Å²) in [5, 5.41) is 2.94. The lowest BCUT2D eigenvalue weighted by Crippen LogP contribution is -2.47. The quantitative estimate of drug-likeness (QED) is 0.613. The first-order valence-electron chi connectivity index (χ1n) is 8.30. The molecule has 0 spiro atoms. The van der Waals surface area contributed by atoms with Crippen LogP contribution in [0.25, 0.3) is 0 Å². The molecule has 2 aliphatic carbocycles. The largest absolute Gasteiger partial charge is 0.465 e. The predicted molar refractivity (Wildman–Crippen MR) is 97.7 cm³/mol. The SMILES string of the molecule is COC(=O)c1ccc(NC(=O)[C@]23CC[C@](C)(C(=O)[C@H]2Br)C3(C)C)cc1. The van der Waals surface area contributed by atoms with Gasteiger partial charge < -0.3 is 10.1 Å². The topological polar surface area (TPSA) is 72.5 Å². The summed E-state index contributed by atoms with van der Waals surface area (Å²) in [6, 6.07) is 6.55. The zero-order valence-electron chi connectivity index (χ0n) is 14.8. The monoisotopic (exact) mass is 407 g/mol. The summed E-state index contributed by atoms with van der Waals surface area (Å²) in [6.45, 7) is 6.00. The van der Waals surface area contributed by atoms with Crippen LogP contribution in [0.15, 0.2) is 24.3 Å². The van der Waals surface area contributed by atoms with Crippen LogP contribution in [0.2, 0.25) is 0 Å². The Balaban J connectivity index is 1.89. The van der Waals surface area contributed by atoms with E-state index >= 15 is 0 Å². The fourth-order valence-electron chi connectivity index (χ4n) is 4.51. The fourth-order valence-corrected chi connectivity index (χ4v) is 6.02. The van der Waals surface area contributed by atoms with Gasteiger partial charge in [-0.3, -0.25) is 9.59 Å². The predicted octanol–water partition coefficient (Wildman–Crippen LogP) is 3.57. The van der Waals surface area contributed by atoms with E-state index < -0.39 is 27.0 Å². The molecule has 1 N–H and O–H groups in total. The number of ether oxygens (including phenoxy) is 1. The lowest BCUT2D eigenvalue weighted by atomic mass is 9.64. The lowest BCUT2D eigenvalue weighted by Gasteiger charge is -2.39. The number of carbonyl (C=O) groups excluding carboxylic acids is 3. The van der Waals surface area contributed by atoms with Gasteiger partial charge in [-0.2, -0.15) is 0 Å². The number of anilines is 1. The van der Waals surface area contributed by atoms with Crippen molar-refractivity contribution in [1.29, 1.82) is 0 Å². The average Bonchev–Trinajstić information content (AvgIpc) is 2.86. The molecule has 1 aromatic rings. The number of alkyl halides is 1. The van der Waals surface area contributed by atoms with E-state index in [9.17, 15) is 14.4 Å². The Labute approximate surface area is 155 Å². The Morgan fingerprint density at radius 1 is 1.16 bits per heavy atom. The van der Waals surface area contributed by atoms with Crippen molar-refractivity contribution in [3.05, 3.63) is 29.8 Å². The molecule has 25 heavy (non-hydrogen) atoms. The Morgan fingerprint density at radius 2 is 1.76 bits per heavy atom. The molecular weight excluding hydrogens is 386 g/mol. The lowest BCUT2D eigenvalue weighted by molar-refractivity contribution is -0.130. The Bertz CT molecular complexity index is 757. The van der Waals surface area contributed by atoms with Gasteiger partial charge in [-0.05, 0) is 42.5 Å². The number of ketones is 1. The summed E-state index contributed by atoms with van der Waals surface area (Å²) >= 11 is 3.51. The summed E-state index contributed by atoms with van der Waals surface area (Å²) in [4.78, 5) is 37.0. The molecule has 0 heterocycles. The molecule has 0 aromatic heterocycles. The molecule has 3 rings (SSSR count). The number of halogens is 1. The third kappa shape index (κ3) is 2.16. The zero-order valence-corrected chi connectivity index (χ0v) is 16.4. The van der Waals surface area contributed by atoms with Crippen molar-refractivity contribution in [2.45, 2.75) is 38.4 Å². The molecular formula is C19H22BrNO4. The molecule has 0 unspecified atom stereocenters. The number of benzene rings is 1. The zero-order chi connectivity index (χ0) is 18.6. The number of amides is 1. The van der Waals surface area contributed by atoms with E-state index in [1.165, 1.54) is 7.11 Å². The Morgan fingerprint density at radius 3 is 2.24 bits per heavy atom. The molecule has 1 amide bonds. The first-order valence-corrected chi connectivity index (χ1v) is 9.21. The van der Waals surface area contributed by atoms with Gasteiger partial charge in [-0.25, -0.2) is 4.79 Å². The first-order chi connectivity index (χ1) is 11.6. The van der Waals surface area contributed by atoms with Crippen LogP contribution in [0.1, 0.15) is 44.0 Å². The van der Waals surface area contributed by atoms with Gasteiger partial charge in [0.25, 0.3) is 0 Å². The van der Waals surface area contributed by atoms with Crippen molar-refractivity contribution in [2.24, 2.45) is 16.2 Å². The molecule has 2 saturated carbocycles. The summed E-state index contributed by atoms with van der Waals surface area (Å²) in [7, 11) is 1.32. The van der Waals surface area contributed by atoms with E-state index in [1.807, 2.05) is 20.8 Å². The number of fused-ring (bicyclic) bond motifs is 2. The van der Waals surface area contributed by atoms with Crippen molar-refractivity contribution in [2.75, 3.05) is 12.4 Å². The minimum Gasteiger partial charge on any atom is -0.465 e. The van der Waals surface area contributed by atoms with Crippen LogP contribution in [0.3, 0.4) is 0 Å². The minimum absolute atomic E-state index is 0.111. The molecule has 134 valence electrons. The molecule has 6 heteroatoms. The van der Waals surface area contributed by atoms with E-state index in [2.05, 4.69) is 26.0 Å². The average molecular weight is 408 g/mol. The van der Waals surface area contributed by atoms with Crippen LogP contribution >= 0.6 is 15.9 Å². The molecule has 0 aliphatic heterocycles. The number of carbonyl (C=O) groups is 3. The molecule has 3 atom stereocenters. The summed E-state index contributed by atoms with van der Waals surface area (Å²) < 4.78 is 4.67. The highest BCUT2D eigenvalue weighted by Crippen LogP contribution is 2.72. The van der Waals surface area contributed by atoms with Gasteiger partial charge in [0.05, 0.1) is 22.9 Å². The van der Waals surface area contributed by atoms with E-state index in [1.54, 1.807) is 24.3 Å². The number of hydrogen-bond donors (Lipinski definition) is 1. The highest BCUT2D eigenvalue weighted by Gasteiger charge is 2.76. The minimum atomic E-state index is -0.778. The summed E-state index contributed by atoms with van der Waals surface area (Å²) in [6.07, 6.45) is 1.39. The second kappa shape index (κ2) is 5.66. The smallest absolute Gasteiger partial charge is 0.337 e. The van der Waals surface area contributed by atoms with Crippen molar-refractivity contribution >= 4 is 39.3 Å². The van der Waals surface area contributed by atoms with Crippen molar-refractivity contribution in [1.82, 2.24) is 0 Å². The third-order valence-corrected chi connectivity index (χ3v) is 7.89. The van der Waals surface area contributed by atoms with E-state index in [0.29, 0.717) is 17.7 Å². The van der Waals surface area contributed by atoms with Crippen LogP contribution in [0.5, 0.6) is 0 Å². The van der Waals surface area contributed by atoms with Crippen molar-refractivity contribution in [3.8, 4) is 0 Å². The van der Waals surface area contributed by atoms with Gasteiger partial charge in [-0.15, -0.1) is 0 Å². The maximum Gasteiger partial charge on any atom is 0.337 e. The van der Waals surface area contributed by atoms with Gasteiger partial charge >= 0.3 is 5.97 Å². The standard InChI is InChI=1S/C19H22BrNO4/c1-17(2)18(3)9-10-19(17,13(20)14(18)22)16(24)21-12-7-5-11(6-8-12)15(23)25-4/h5-8,13H,9-10H2,1-4H3,(H,21,24)/t13-,18-,19+/m1/s1. The molecule has 2 bridgehead atoms. The first kappa shape index (κ1) is 18.1. The number of esters is 1. The highest BCUT2D eigenvalue weighted by atomic mass is 79.9. The Kier molecular flexibility index (Phi) is 4.10. The van der Waals surface area contributed by atoms with Crippen LogP contribution in [-0.2, 0) is 14.3 Å². The molecule has 1 aromatic carbocycles. The summed E-state index contributed by atoms with van der Waals surface area (Å²) in [5.41, 5.74) is -0.702. The number of Topliss-reactive ketones (excluding diaryl/α,β-unsaturated/α-hetero) is 1. The van der Waals surface area contributed by atoms with Crippen LogP contribution in [0.4, 0.5) is 5.69 Å². The van der Waals surface area contributed by atoms with Gasteiger partial charge in [0.1, 0.15) is 0 Å². The Hall–Kier alpha value is -1.69. The number of hydrogen-bond acceptors (Lipinski definition) is 4. The van der Waals surface area contributed by atoms with Crippen LogP contribution < -0.4 is 5.32 Å². The maximum absolute atomic E-state index is 13.2. The normalized spacial score (nSPS) is 32.5. The fraction of sp³-hybridized carbons (Fsp3) is 0.526. The second-order valence-corrected chi connectivity index (χ2v) is 8.59.